The van der Waals surface area contributed by atoms with Gasteiger partial charge in [0.25, 0.3) is 5.56 Å². The zero-order valence-electron chi connectivity index (χ0n) is 22.1. The molecule has 6 rings (SSSR count). The molecule has 11 heteroatoms. The van der Waals surface area contributed by atoms with E-state index in [1.807, 2.05) is 41.5 Å². The minimum Gasteiger partial charge on any atom is -0.377 e. The Balaban J connectivity index is 1.51. The van der Waals surface area contributed by atoms with Crippen LogP contribution in [0, 0.1) is 6.92 Å². The average molecular weight is 532 g/mol. The highest BCUT2D eigenvalue weighted by Gasteiger charge is 2.27. The van der Waals surface area contributed by atoms with E-state index in [4.69, 9.17) is 16.7 Å². The standard InChI is InChI=1S/C27H30ClN9O/c1-15-10-18(16(2)31-21-6-7-22(28)32-24(21)25-29-14-35(5)33-25)23-19(11-15)27(38)36-9-8-17(13-34(3)4)37-26(36)20(23)12-30-37/h6-7,10-12,14,16-17,31H,8-9,13H2,1-5H3. The number of aromatic nitrogens is 7. The normalized spacial score (nSPS) is 16.0. The number of benzene rings is 1. The Morgan fingerprint density at radius 2 is 2.05 bits per heavy atom. The molecular weight excluding hydrogens is 502 g/mol. The molecular formula is C27H30ClN9O. The van der Waals surface area contributed by atoms with Gasteiger partial charge in [0.15, 0.2) is 0 Å². The lowest BCUT2D eigenvalue weighted by Gasteiger charge is -2.28. The molecule has 10 nitrogen and oxygen atoms in total. The lowest BCUT2D eigenvalue weighted by molar-refractivity contribution is 0.275. The van der Waals surface area contributed by atoms with Crippen LogP contribution in [-0.4, -0.2) is 59.6 Å². The first-order chi connectivity index (χ1) is 18.2. The summed E-state index contributed by atoms with van der Waals surface area (Å²) in [6.07, 6.45) is 4.42. The Labute approximate surface area is 224 Å². The van der Waals surface area contributed by atoms with E-state index in [0.29, 0.717) is 28.6 Å². The predicted molar refractivity (Wildman–Crippen MR) is 150 cm³/mol. The van der Waals surface area contributed by atoms with Crippen molar-refractivity contribution in [3.8, 4) is 11.5 Å². The van der Waals surface area contributed by atoms with E-state index in [-0.39, 0.29) is 17.6 Å². The van der Waals surface area contributed by atoms with E-state index in [1.54, 1.807) is 17.1 Å². The van der Waals surface area contributed by atoms with Crippen molar-refractivity contribution < 1.29 is 0 Å². The van der Waals surface area contributed by atoms with Gasteiger partial charge in [-0.2, -0.15) is 5.10 Å². The fraction of sp³-hybridized carbons (Fsp3) is 0.370. The van der Waals surface area contributed by atoms with Crippen LogP contribution in [0.25, 0.3) is 33.3 Å². The molecule has 1 aromatic carbocycles. The van der Waals surface area contributed by atoms with Crippen molar-refractivity contribution in [3.63, 3.8) is 0 Å². The number of anilines is 1. The Morgan fingerprint density at radius 3 is 2.79 bits per heavy atom. The molecule has 0 aliphatic carbocycles. The fourth-order valence-corrected chi connectivity index (χ4v) is 5.76. The van der Waals surface area contributed by atoms with Gasteiger partial charge < -0.3 is 10.2 Å². The van der Waals surface area contributed by atoms with Gasteiger partial charge in [-0.05, 0) is 63.7 Å². The van der Waals surface area contributed by atoms with Crippen LogP contribution in [0.5, 0.6) is 0 Å². The first-order valence-corrected chi connectivity index (χ1v) is 13.1. The second-order valence-electron chi connectivity index (χ2n) is 10.4. The van der Waals surface area contributed by atoms with E-state index in [9.17, 15) is 4.79 Å². The van der Waals surface area contributed by atoms with Crippen LogP contribution in [0.4, 0.5) is 5.69 Å². The van der Waals surface area contributed by atoms with Crippen molar-refractivity contribution in [2.24, 2.45) is 7.05 Å². The quantitative estimate of drug-likeness (QED) is 0.328. The SMILES string of the molecule is Cc1cc(C(C)Nc2ccc(Cl)nc2-c2ncn(C)n2)c2c(c1)c(=O)n1c3c2cnn3C(CN(C)C)CC1. The summed E-state index contributed by atoms with van der Waals surface area (Å²) in [5, 5.41) is 15.8. The molecule has 0 fully saturated rings. The van der Waals surface area contributed by atoms with Gasteiger partial charge in [0, 0.05) is 42.3 Å². The largest absolute Gasteiger partial charge is 0.377 e. The first kappa shape index (κ1) is 24.6. The lowest BCUT2D eigenvalue weighted by atomic mass is 9.95. The third-order valence-corrected chi connectivity index (χ3v) is 7.41. The number of aryl methyl sites for hydroxylation is 3. The summed E-state index contributed by atoms with van der Waals surface area (Å²) in [4.78, 5) is 24.8. The van der Waals surface area contributed by atoms with Crippen molar-refractivity contribution in [1.29, 1.82) is 0 Å². The molecule has 1 aliphatic heterocycles. The molecule has 196 valence electrons. The molecule has 2 atom stereocenters. The molecule has 5 heterocycles. The van der Waals surface area contributed by atoms with E-state index < -0.39 is 0 Å². The summed E-state index contributed by atoms with van der Waals surface area (Å²) < 4.78 is 5.56. The van der Waals surface area contributed by atoms with Crippen LogP contribution in [-0.2, 0) is 13.6 Å². The van der Waals surface area contributed by atoms with Crippen LogP contribution in [0.15, 0.2) is 41.6 Å². The Hall–Kier alpha value is -3.76. The van der Waals surface area contributed by atoms with Gasteiger partial charge in [0.1, 0.15) is 22.8 Å². The maximum absolute atomic E-state index is 13.8. The smallest absolute Gasteiger partial charge is 0.260 e. The van der Waals surface area contributed by atoms with Crippen LogP contribution in [0.3, 0.4) is 0 Å². The highest BCUT2D eigenvalue weighted by molar-refractivity contribution is 6.29. The molecule has 0 saturated carbocycles. The molecule has 0 amide bonds. The molecule has 38 heavy (non-hydrogen) atoms. The summed E-state index contributed by atoms with van der Waals surface area (Å²) in [6, 6.07) is 7.83. The van der Waals surface area contributed by atoms with Crippen molar-refractivity contribution >= 4 is 39.1 Å². The number of rotatable bonds is 6. The first-order valence-electron chi connectivity index (χ1n) is 12.7. The maximum Gasteiger partial charge on any atom is 0.260 e. The molecule has 5 aromatic rings. The monoisotopic (exact) mass is 531 g/mol. The van der Waals surface area contributed by atoms with Gasteiger partial charge in [-0.25, -0.2) is 14.6 Å². The Bertz CT molecular complexity index is 1750. The molecule has 2 unspecified atom stereocenters. The number of likely N-dealkylation sites (N-methyl/N-ethyl adjacent to an activating group) is 1. The van der Waals surface area contributed by atoms with Crippen LogP contribution in [0.2, 0.25) is 5.15 Å². The van der Waals surface area contributed by atoms with Crippen LogP contribution >= 0.6 is 11.6 Å². The molecule has 0 saturated heterocycles. The zero-order valence-corrected chi connectivity index (χ0v) is 22.9. The summed E-state index contributed by atoms with van der Waals surface area (Å²) in [7, 11) is 5.94. The van der Waals surface area contributed by atoms with E-state index in [2.05, 4.69) is 52.4 Å². The third kappa shape index (κ3) is 4.04. The van der Waals surface area contributed by atoms with E-state index in [1.165, 1.54) is 0 Å². The number of fused-ring (bicyclic) bond motifs is 2. The van der Waals surface area contributed by atoms with Gasteiger partial charge in [0.05, 0.1) is 17.9 Å². The van der Waals surface area contributed by atoms with Crippen molar-refractivity contribution in [3.05, 3.63) is 63.4 Å². The molecule has 0 bridgehead atoms. The second-order valence-corrected chi connectivity index (χ2v) is 10.8. The lowest BCUT2D eigenvalue weighted by Crippen LogP contribution is -2.34. The average Bonchev–Trinajstić information content (AvgIpc) is 3.51. The zero-order chi connectivity index (χ0) is 26.7. The fourth-order valence-electron chi connectivity index (χ4n) is 5.61. The van der Waals surface area contributed by atoms with Crippen LogP contribution in [0.1, 0.15) is 36.6 Å². The molecule has 1 aliphatic rings. The Kier molecular flexibility index (Phi) is 5.96. The highest BCUT2D eigenvalue weighted by Crippen LogP contribution is 2.36. The number of nitrogens with zero attached hydrogens (tertiary/aromatic N) is 8. The molecule has 0 radical (unpaired) electrons. The number of hydrogen-bond donors (Lipinski definition) is 1. The maximum atomic E-state index is 13.8. The minimum absolute atomic E-state index is 0.0289. The van der Waals surface area contributed by atoms with Gasteiger partial charge >= 0.3 is 0 Å². The van der Waals surface area contributed by atoms with Crippen molar-refractivity contribution in [1.82, 2.24) is 39.0 Å². The number of halogens is 1. The summed E-state index contributed by atoms with van der Waals surface area (Å²) in [5.74, 6) is 0.486. The van der Waals surface area contributed by atoms with Gasteiger partial charge in [-0.1, -0.05) is 17.7 Å². The topological polar surface area (TPSA) is 98.7 Å². The molecule has 4 aromatic heterocycles. The summed E-state index contributed by atoms with van der Waals surface area (Å²) in [5.41, 5.74) is 4.30. The third-order valence-electron chi connectivity index (χ3n) is 7.20. The Morgan fingerprint density at radius 1 is 1.24 bits per heavy atom. The summed E-state index contributed by atoms with van der Waals surface area (Å²) in [6.45, 7) is 5.67. The summed E-state index contributed by atoms with van der Waals surface area (Å²) >= 11 is 6.24. The molecule has 1 N–H and O–H groups in total. The van der Waals surface area contributed by atoms with Crippen molar-refractivity contribution in [2.75, 3.05) is 26.0 Å². The van der Waals surface area contributed by atoms with Crippen molar-refractivity contribution in [2.45, 2.75) is 38.9 Å². The second kappa shape index (κ2) is 9.21. The number of hydrogen-bond acceptors (Lipinski definition) is 7. The van der Waals surface area contributed by atoms with E-state index >= 15 is 0 Å². The van der Waals surface area contributed by atoms with Gasteiger partial charge in [-0.15, -0.1) is 5.10 Å². The highest BCUT2D eigenvalue weighted by atomic mass is 35.5. The molecule has 0 spiro atoms. The number of nitrogens with one attached hydrogen (secondary N) is 1. The number of pyridine rings is 2. The minimum atomic E-state index is -0.162. The van der Waals surface area contributed by atoms with Gasteiger partial charge in [-0.3, -0.25) is 14.0 Å². The predicted octanol–water partition coefficient (Wildman–Crippen LogP) is 4.18. The van der Waals surface area contributed by atoms with E-state index in [0.717, 1.165) is 46.2 Å². The van der Waals surface area contributed by atoms with Gasteiger partial charge in [0.2, 0.25) is 5.82 Å². The van der Waals surface area contributed by atoms with Crippen LogP contribution < -0.4 is 10.9 Å².